The molecule has 0 radical (unpaired) electrons. The lowest BCUT2D eigenvalue weighted by molar-refractivity contribution is -0.0135. The standard InChI is InChI=1S/C22H28N2O3/c1-3-4-14-26-20-11-9-19(10-12-20)23-22(25)24-13-15-27-21(16-24)18-7-5-17(2)6-8-18/h5-12,21H,3-4,13-16H2,1-2H3,(H,23,25). The Morgan fingerprint density at radius 1 is 1.19 bits per heavy atom. The summed E-state index contributed by atoms with van der Waals surface area (Å²) in [5.41, 5.74) is 3.08. The van der Waals surface area contributed by atoms with Gasteiger partial charge in [0.15, 0.2) is 0 Å². The van der Waals surface area contributed by atoms with Crippen LogP contribution < -0.4 is 10.1 Å². The maximum absolute atomic E-state index is 12.6. The van der Waals surface area contributed by atoms with Gasteiger partial charge in [0.25, 0.3) is 0 Å². The molecule has 0 aromatic heterocycles. The summed E-state index contributed by atoms with van der Waals surface area (Å²) in [5, 5.41) is 2.96. The van der Waals surface area contributed by atoms with E-state index in [2.05, 4.69) is 43.4 Å². The van der Waals surface area contributed by atoms with Crippen molar-refractivity contribution in [1.29, 1.82) is 0 Å². The summed E-state index contributed by atoms with van der Waals surface area (Å²) < 4.78 is 11.5. The van der Waals surface area contributed by atoms with Crippen LogP contribution in [0.5, 0.6) is 5.75 Å². The van der Waals surface area contributed by atoms with E-state index in [1.54, 1.807) is 4.90 Å². The smallest absolute Gasteiger partial charge is 0.322 e. The molecule has 3 rings (SSSR count). The van der Waals surface area contributed by atoms with Gasteiger partial charge in [-0.05, 0) is 43.2 Å². The Morgan fingerprint density at radius 3 is 2.63 bits per heavy atom. The highest BCUT2D eigenvalue weighted by Gasteiger charge is 2.25. The molecule has 1 heterocycles. The molecule has 2 aromatic carbocycles. The number of amides is 2. The van der Waals surface area contributed by atoms with Crippen LogP contribution in [-0.2, 0) is 4.74 Å². The first kappa shape index (κ1) is 19.2. The van der Waals surface area contributed by atoms with E-state index in [9.17, 15) is 4.79 Å². The first-order chi connectivity index (χ1) is 13.2. The zero-order chi connectivity index (χ0) is 19.1. The van der Waals surface area contributed by atoms with Crippen molar-refractivity contribution in [1.82, 2.24) is 4.90 Å². The Balaban J connectivity index is 1.54. The van der Waals surface area contributed by atoms with Gasteiger partial charge in [-0.2, -0.15) is 0 Å². The highest BCUT2D eigenvalue weighted by atomic mass is 16.5. The summed E-state index contributed by atoms with van der Waals surface area (Å²) in [4.78, 5) is 14.4. The average Bonchev–Trinajstić information content (AvgIpc) is 2.70. The fourth-order valence-corrected chi connectivity index (χ4v) is 2.99. The van der Waals surface area contributed by atoms with E-state index in [1.807, 2.05) is 24.3 Å². The largest absolute Gasteiger partial charge is 0.494 e. The first-order valence-corrected chi connectivity index (χ1v) is 9.62. The Morgan fingerprint density at radius 2 is 1.93 bits per heavy atom. The van der Waals surface area contributed by atoms with Gasteiger partial charge >= 0.3 is 6.03 Å². The number of nitrogens with zero attached hydrogens (tertiary/aromatic N) is 1. The van der Waals surface area contributed by atoms with E-state index < -0.39 is 0 Å². The van der Waals surface area contributed by atoms with Crippen molar-refractivity contribution in [2.45, 2.75) is 32.8 Å². The van der Waals surface area contributed by atoms with Crippen molar-refractivity contribution in [3.63, 3.8) is 0 Å². The van der Waals surface area contributed by atoms with Gasteiger partial charge in [-0.15, -0.1) is 0 Å². The number of unbranched alkanes of at least 4 members (excludes halogenated alkanes) is 1. The number of nitrogens with one attached hydrogen (secondary N) is 1. The molecule has 0 saturated carbocycles. The number of benzene rings is 2. The van der Waals surface area contributed by atoms with Crippen molar-refractivity contribution >= 4 is 11.7 Å². The number of anilines is 1. The number of ether oxygens (including phenoxy) is 2. The molecule has 27 heavy (non-hydrogen) atoms. The Bertz CT molecular complexity index is 728. The van der Waals surface area contributed by atoms with E-state index in [-0.39, 0.29) is 12.1 Å². The Kier molecular flexibility index (Phi) is 6.71. The molecule has 2 aromatic rings. The van der Waals surface area contributed by atoms with Gasteiger partial charge in [0.1, 0.15) is 11.9 Å². The predicted octanol–water partition coefficient (Wildman–Crippen LogP) is 4.78. The molecule has 144 valence electrons. The number of hydrogen-bond donors (Lipinski definition) is 1. The molecule has 0 bridgehead atoms. The van der Waals surface area contributed by atoms with Crippen LogP contribution in [0.1, 0.15) is 37.0 Å². The van der Waals surface area contributed by atoms with E-state index in [1.165, 1.54) is 5.56 Å². The summed E-state index contributed by atoms with van der Waals surface area (Å²) in [6.45, 7) is 6.59. The fourth-order valence-electron chi connectivity index (χ4n) is 2.99. The quantitative estimate of drug-likeness (QED) is 0.747. The molecule has 0 aliphatic carbocycles. The van der Waals surface area contributed by atoms with Crippen LogP contribution in [0.3, 0.4) is 0 Å². The Labute approximate surface area is 161 Å². The summed E-state index contributed by atoms with van der Waals surface area (Å²) in [6, 6.07) is 15.7. The van der Waals surface area contributed by atoms with Gasteiger partial charge in [0.2, 0.25) is 0 Å². The van der Waals surface area contributed by atoms with Gasteiger partial charge in [-0.1, -0.05) is 43.2 Å². The lowest BCUT2D eigenvalue weighted by atomic mass is 10.1. The van der Waals surface area contributed by atoms with Crippen molar-refractivity contribution in [3.8, 4) is 5.75 Å². The maximum Gasteiger partial charge on any atom is 0.322 e. The zero-order valence-electron chi connectivity index (χ0n) is 16.1. The topological polar surface area (TPSA) is 50.8 Å². The number of urea groups is 1. The number of carbonyl (C=O) groups excluding carboxylic acids is 1. The van der Waals surface area contributed by atoms with E-state index in [4.69, 9.17) is 9.47 Å². The molecule has 1 unspecified atom stereocenters. The average molecular weight is 368 g/mol. The molecule has 2 amide bonds. The number of hydrogen-bond acceptors (Lipinski definition) is 3. The normalized spacial score (nSPS) is 16.8. The molecule has 0 spiro atoms. The van der Waals surface area contributed by atoms with Crippen molar-refractivity contribution in [2.24, 2.45) is 0 Å². The highest BCUT2D eigenvalue weighted by Crippen LogP contribution is 2.23. The Hall–Kier alpha value is -2.53. The SMILES string of the molecule is CCCCOc1ccc(NC(=O)N2CCOC(c3ccc(C)cc3)C2)cc1. The minimum atomic E-state index is -0.102. The second-order valence-electron chi connectivity index (χ2n) is 6.87. The van der Waals surface area contributed by atoms with Crippen LogP contribution in [0.2, 0.25) is 0 Å². The van der Waals surface area contributed by atoms with Crippen molar-refractivity contribution in [3.05, 3.63) is 59.7 Å². The molecular formula is C22H28N2O3. The van der Waals surface area contributed by atoms with Gasteiger partial charge in [-0.3, -0.25) is 0 Å². The third kappa shape index (κ3) is 5.47. The first-order valence-electron chi connectivity index (χ1n) is 9.62. The van der Waals surface area contributed by atoms with Crippen LogP contribution in [0.15, 0.2) is 48.5 Å². The molecule has 1 aliphatic rings. The minimum Gasteiger partial charge on any atom is -0.494 e. The van der Waals surface area contributed by atoms with Crippen molar-refractivity contribution in [2.75, 3.05) is 31.6 Å². The lowest BCUT2D eigenvalue weighted by Crippen LogP contribution is -2.44. The van der Waals surface area contributed by atoms with Crippen LogP contribution in [0, 0.1) is 6.92 Å². The van der Waals surface area contributed by atoms with Crippen LogP contribution >= 0.6 is 0 Å². The van der Waals surface area contributed by atoms with E-state index in [0.717, 1.165) is 36.4 Å². The zero-order valence-corrected chi connectivity index (χ0v) is 16.1. The maximum atomic E-state index is 12.6. The fraction of sp³-hybridized carbons (Fsp3) is 0.409. The molecule has 1 N–H and O–H groups in total. The van der Waals surface area contributed by atoms with Crippen molar-refractivity contribution < 1.29 is 14.3 Å². The molecule has 1 atom stereocenters. The third-order valence-electron chi connectivity index (χ3n) is 4.68. The summed E-state index contributed by atoms with van der Waals surface area (Å²) >= 11 is 0. The highest BCUT2D eigenvalue weighted by molar-refractivity contribution is 5.89. The van der Waals surface area contributed by atoms with E-state index in [0.29, 0.717) is 19.7 Å². The number of rotatable bonds is 6. The molecule has 1 saturated heterocycles. The molecule has 1 fully saturated rings. The molecule has 1 aliphatic heterocycles. The van der Waals surface area contributed by atoms with Crippen LogP contribution in [-0.4, -0.2) is 37.2 Å². The minimum absolute atomic E-state index is 0.0839. The van der Waals surface area contributed by atoms with Gasteiger partial charge in [0.05, 0.1) is 19.8 Å². The molecule has 5 heteroatoms. The second-order valence-corrected chi connectivity index (χ2v) is 6.87. The second kappa shape index (κ2) is 9.42. The van der Waals surface area contributed by atoms with Gasteiger partial charge in [0, 0.05) is 12.2 Å². The van der Waals surface area contributed by atoms with E-state index >= 15 is 0 Å². The van der Waals surface area contributed by atoms with Gasteiger partial charge < -0.3 is 19.7 Å². The number of carbonyl (C=O) groups is 1. The summed E-state index contributed by atoms with van der Waals surface area (Å²) in [6.07, 6.45) is 2.06. The van der Waals surface area contributed by atoms with Crippen LogP contribution in [0.4, 0.5) is 10.5 Å². The lowest BCUT2D eigenvalue weighted by Gasteiger charge is -2.33. The molecular weight excluding hydrogens is 340 g/mol. The summed E-state index contributed by atoms with van der Waals surface area (Å²) in [5.74, 6) is 0.826. The predicted molar refractivity (Wildman–Crippen MR) is 107 cm³/mol. The summed E-state index contributed by atoms with van der Waals surface area (Å²) in [7, 11) is 0. The van der Waals surface area contributed by atoms with Gasteiger partial charge in [-0.25, -0.2) is 4.79 Å². The third-order valence-corrected chi connectivity index (χ3v) is 4.68. The monoisotopic (exact) mass is 368 g/mol. The number of aryl methyl sites for hydroxylation is 1. The number of morpholine rings is 1. The molecule has 5 nitrogen and oxygen atoms in total. The van der Waals surface area contributed by atoms with Crippen LogP contribution in [0.25, 0.3) is 0 Å².